The zero-order chi connectivity index (χ0) is 16.8. The molecule has 3 rings (SSSR count). The van der Waals surface area contributed by atoms with E-state index in [0.29, 0.717) is 19.7 Å². The van der Waals surface area contributed by atoms with E-state index in [9.17, 15) is 5.11 Å². The second-order valence-corrected chi connectivity index (χ2v) is 6.42. The third kappa shape index (κ3) is 4.83. The van der Waals surface area contributed by atoms with Gasteiger partial charge in [0.1, 0.15) is 12.7 Å². The Morgan fingerprint density at radius 3 is 2.75 bits per heavy atom. The van der Waals surface area contributed by atoms with Crippen LogP contribution in [0.4, 0.5) is 0 Å². The van der Waals surface area contributed by atoms with E-state index in [1.165, 1.54) is 0 Å². The van der Waals surface area contributed by atoms with Crippen molar-refractivity contribution >= 4 is 0 Å². The lowest BCUT2D eigenvalue weighted by Gasteiger charge is -2.33. The Hall–Kier alpha value is -1.34. The summed E-state index contributed by atoms with van der Waals surface area (Å²) in [5.74, 6) is 1.61. The molecule has 0 amide bonds. The van der Waals surface area contributed by atoms with Gasteiger partial charge in [-0.05, 0) is 18.7 Å². The largest absolute Gasteiger partial charge is 0.486 e. The van der Waals surface area contributed by atoms with Crippen molar-refractivity contribution in [3.8, 4) is 11.5 Å². The Morgan fingerprint density at radius 1 is 1.25 bits per heavy atom. The fourth-order valence-electron chi connectivity index (χ4n) is 3.21. The Balaban J connectivity index is 1.46. The van der Waals surface area contributed by atoms with Crippen LogP contribution in [-0.2, 0) is 4.74 Å². The molecule has 2 aliphatic heterocycles. The molecule has 1 aromatic rings. The molecule has 0 radical (unpaired) electrons. The van der Waals surface area contributed by atoms with E-state index in [0.717, 1.165) is 50.9 Å². The maximum absolute atomic E-state index is 10.4. The molecule has 2 aliphatic rings. The number of nitrogens with zero attached hydrogens (tertiary/aromatic N) is 2. The molecule has 24 heavy (non-hydrogen) atoms. The van der Waals surface area contributed by atoms with Crippen molar-refractivity contribution in [1.82, 2.24) is 9.80 Å². The SMILES string of the molecule is CCN(C[C@@H](O)CN1CCOCC1)C[C@H]1COc2ccccc2O1. The van der Waals surface area contributed by atoms with Crippen molar-refractivity contribution in [2.75, 3.05) is 59.1 Å². The van der Waals surface area contributed by atoms with Crippen LogP contribution in [0.1, 0.15) is 6.92 Å². The van der Waals surface area contributed by atoms with Crippen molar-refractivity contribution < 1.29 is 19.3 Å². The molecule has 1 N–H and O–H groups in total. The first-order valence-corrected chi connectivity index (χ1v) is 8.83. The molecule has 6 nitrogen and oxygen atoms in total. The van der Waals surface area contributed by atoms with E-state index in [-0.39, 0.29) is 12.2 Å². The third-order valence-electron chi connectivity index (χ3n) is 4.52. The smallest absolute Gasteiger partial charge is 0.161 e. The zero-order valence-corrected chi connectivity index (χ0v) is 14.4. The first-order valence-electron chi connectivity index (χ1n) is 8.83. The number of aliphatic hydroxyl groups is 1. The Bertz CT molecular complexity index is 508. The molecule has 1 aromatic carbocycles. The van der Waals surface area contributed by atoms with Crippen LogP contribution in [0.2, 0.25) is 0 Å². The Kier molecular flexibility index (Phi) is 6.31. The summed E-state index contributed by atoms with van der Waals surface area (Å²) in [6, 6.07) is 7.76. The van der Waals surface area contributed by atoms with E-state index in [2.05, 4.69) is 16.7 Å². The van der Waals surface area contributed by atoms with Crippen molar-refractivity contribution in [1.29, 1.82) is 0 Å². The van der Waals surface area contributed by atoms with Crippen molar-refractivity contribution in [3.63, 3.8) is 0 Å². The predicted molar refractivity (Wildman–Crippen MR) is 91.7 cm³/mol. The molecule has 1 saturated heterocycles. The highest BCUT2D eigenvalue weighted by Crippen LogP contribution is 2.30. The topological polar surface area (TPSA) is 54.4 Å². The van der Waals surface area contributed by atoms with Gasteiger partial charge in [-0.2, -0.15) is 0 Å². The molecule has 134 valence electrons. The van der Waals surface area contributed by atoms with Crippen LogP contribution < -0.4 is 9.47 Å². The van der Waals surface area contributed by atoms with Crippen molar-refractivity contribution in [3.05, 3.63) is 24.3 Å². The van der Waals surface area contributed by atoms with Gasteiger partial charge in [0, 0.05) is 32.7 Å². The van der Waals surface area contributed by atoms with Gasteiger partial charge >= 0.3 is 0 Å². The Labute approximate surface area is 143 Å². The number of β-amino-alcohol motifs (C(OH)–C–C–N with tert-alkyl or cyclic N) is 1. The highest BCUT2D eigenvalue weighted by atomic mass is 16.6. The van der Waals surface area contributed by atoms with E-state index in [1.807, 2.05) is 24.3 Å². The van der Waals surface area contributed by atoms with Gasteiger partial charge in [0.05, 0.1) is 19.3 Å². The molecule has 0 saturated carbocycles. The number of morpholine rings is 1. The molecule has 2 heterocycles. The van der Waals surface area contributed by atoms with Crippen molar-refractivity contribution in [2.24, 2.45) is 0 Å². The number of ether oxygens (including phenoxy) is 3. The number of hydrogen-bond donors (Lipinski definition) is 1. The fourth-order valence-corrected chi connectivity index (χ4v) is 3.21. The minimum Gasteiger partial charge on any atom is -0.486 e. The van der Waals surface area contributed by atoms with Crippen LogP contribution in [-0.4, -0.2) is 86.2 Å². The lowest BCUT2D eigenvalue weighted by molar-refractivity contribution is 0.000572. The summed E-state index contributed by atoms with van der Waals surface area (Å²) < 4.78 is 17.1. The second-order valence-electron chi connectivity index (χ2n) is 6.42. The quantitative estimate of drug-likeness (QED) is 0.796. The normalized spacial score (nSPS) is 22.5. The first-order chi connectivity index (χ1) is 11.7. The molecule has 6 heteroatoms. The first kappa shape index (κ1) is 17.5. The summed E-state index contributed by atoms with van der Waals surface area (Å²) in [5, 5.41) is 10.4. The van der Waals surface area contributed by atoms with Gasteiger partial charge in [-0.3, -0.25) is 9.80 Å². The van der Waals surface area contributed by atoms with E-state index in [1.54, 1.807) is 0 Å². The van der Waals surface area contributed by atoms with Gasteiger partial charge in [-0.15, -0.1) is 0 Å². The van der Waals surface area contributed by atoms with E-state index in [4.69, 9.17) is 14.2 Å². The average Bonchev–Trinajstić information content (AvgIpc) is 2.62. The van der Waals surface area contributed by atoms with E-state index < -0.39 is 0 Å². The number of aliphatic hydroxyl groups excluding tert-OH is 1. The third-order valence-corrected chi connectivity index (χ3v) is 4.52. The highest BCUT2D eigenvalue weighted by molar-refractivity contribution is 5.40. The maximum Gasteiger partial charge on any atom is 0.161 e. The summed E-state index contributed by atoms with van der Waals surface area (Å²) in [5.41, 5.74) is 0. The number of fused-ring (bicyclic) bond motifs is 1. The number of benzene rings is 1. The monoisotopic (exact) mass is 336 g/mol. The van der Waals surface area contributed by atoms with Gasteiger partial charge in [0.25, 0.3) is 0 Å². The number of para-hydroxylation sites is 2. The standard InChI is InChI=1S/C18H28N2O4/c1-2-19(11-15(21)12-20-7-9-22-10-8-20)13-16-14-23-17-5-3-4-6-18(17)24-16/h3-6,15-16,21H,2,7-14H2,1H3/t15-,16+/m1/s1. The van der Waals surface area contributed by atoms with Crippen molar-refractivity contribution in [2.45, 2.75) is 19.1 Å². The van der Waals surface area contributed by atoms with Crippen LogP contribution in [0, 0.1) is 0 Å². The van der Waals surface area contributed by atoms with Gasteiger partial charge in [-0.25, -0.2) is 0 Å². The molecular formula is C18H28N2O4. The minimum atomic E-state index is -0.361. The van der Waals surface area contributed by atoms with Crippen LogP contribution in [0.15, 0.2) is 24.3 Å². The summed E-state index contributed by atoms with van der Waals surface area (Å²) in [4.78, 5) is 4.49. The second kappa shape index (κ2) is 8.67. The molecule has 2 atom stereocenters. The van der Waals surface area contributed by atoms with Gasteiger partial charge in [-0.1, -0.05) is 19.1 Å². The summed E-state index contributed by atoms with van der Waals surface area (Å²) in [6.45, 7) is 8.96. The molecule has 0 aliphatic carbocycles. The van der Waals surface area contributed by atoms with Crippen LogP contribution in [0.25, 0.3) is 0 Å². The Morgan fingerprint density at radius 2 is 2.00 bits per heavy atom. The molecule has 0 spiro atoms. The van der Waals surface area contributed by atoms with Crippen LogP contribution in [0.5, 0.6) is 11.5 Å². The van der Waals surface area contributed by atoms with Gasteiger partial charge < -0.3 is 19.3 Å². The molecular weight excluding hydrogens is 308 g/mol. The molecule has 0 aromatic heterocycles. The fraction of sp³-hybridized carbons (Fsp3) is 0.667. The lowest BCUT2D eigenvalue weighted by Crippen LogP contribution is -2.47. The van der Waals surface area contributed by atoms with Crippen LogP contribution >= 0.6 is 0 Å². The predicted octanol–water partition coefficient (Wildman–Crippen LogP) is 0.841. The molecule has 0 unspecified atom stereocenters. The van der Waals surface area contributed by atoms with Gasteiger partial charge in [0.2, 0.25) is 0 Å². The summed E-state index contributed by atoms with van der Waals surface area (Å²) >= 11 is 0. The number of likely N-dealkylation sites (N-methyl/N-ethyl adjacent to an activating group) is 1. The average molecular weight is 336 g/mol. The van der Waals surface area contributed by atoms with Crippen LogP contribution in [0.3, 0.4) is 0 Å². The lowest BCUT2D eigenvalue weighted by atomic mass is 10.2. The number of rotatable bonds is 7. The molecule has 1 fully saturated rings. The summed E-state index contributed by atoms with van der Waals surface area (Å²) in [7, 11) is 0. The zero-order valence-electron chi connectivity index (χ0n) is 14.4. The maximum atomic E-state index is 10.4. The van der Waals surface area contributed by atoms with E-state index >= 15 is 0 Å². The molecule has 0 bridgehead atoms. The highest BCUT2D eigenvalue weighted by Gasteiger charge is 2.24. The minimum absolute atomic E-state index is 0.00423. The number of hydrogen-bond acceptors (Lipinski definition) is 6. The van der Waals surface area contributed by atoms with Gasteiger partial charge in [0.15, 0.2) is 11.5 Å². The summed E-state index contributed by atoms with van der Waals surface area (Å²) in [6.07, 6.45) is -0.365.